The molecule has 2 aromatic carbocycles. The number of ether oxygens (including phenoxy) is 1. The van der Waals surface area contributed by atoms with Crippen LogP contribution in [0.3, 0.4) is 0 Å². The first-order chi connectivity index (χ1) is 21.9. The highest BCUT2D eigenvalue weighted by atomic mass is 16.5. The minimum Gasteiger partial charge on any atom is -0.497 e. The molecule has 1 N–H and O–H groups in total. The van der Waals surface area contributed by atoms with E-state index in [1.807, 2.05) is 65.7 Å². The maximum Gasteiger partial charge on any atom is 0.272 e. The summed E-state index contributed by atoms with van der Waals surface area (Å²) in [6.45, 7) is 10.9. The summed E-state index contributed by atoms with van der Waals surface area (Å²) in [7, 11) is 1.65. The van der Waals surface area contributed by atoms with Crippen LogP contribution in [0, 0.1) is 5.92 Å². The number of carbonyl (C=O) groups is 2. The number of likely N-dealkylation sites (tertiary alicyclic amines) is 1. The van der Waals surface area contributed by atoms with Crippen LogP contribution in [-0.2, 0) is 19.4 Å². The summed E-state index contributed by atoms with van der Waals surface area (Å²) >= 11 is 0. The minimum atomic E-state index is -0.102. The molecule has 3 aromatic rings. The van der Waals surface area contributed by atoms with Crippen molar-refractivity contribution < 1.29 is 14.3 Å². The minimum absolute atomic E-state index is 0.0184. The lowest BCUT2D eigenvalue weighted by atomic mass is 10.00. The molecule has 7 heteroatoms. The molecule has 0 bridgehead atoms. The van der Waals surface area contributed by atoms with Crippen molar-refractivity contribution in [1.29, 1.82) is 0 Å². The van der Waals surface area contributed by atoms with Crippen LogP contribution in [0.25, 0.3) is 0 Å². The molecule has 1 aliphatic rings. The molecule has 0 spiro atoms. The molecule has 45 heavy (non-hydrogen) atoms. The van der Waals surface area contributed by atoms with Gasteiger partial charge >= 0.3 is 0 Å². The van der Waals surface area contributed by atoms with E-state index in [0.29, 0.717) is 30.3 Å². The summed E-state index contributed by atoms with van der Waals surface area (Å²) in [5.74, 6) is 1.38. The highest BCUT2D eigenvalue weighted by Gasteiger charge is 2.29. The zero-order valence-corrected chi connectivity index (χ0v) is 27.8. The summed E-state index contributed by atoms with van der Waals surface area (Å²) in [5, 5.41) is 3.02. The third-order valence-electron chi connectivity index (χ3n) is 8.80. The van der Waals surface area contributed by atoms with Crippen LogP contribution in [0.15, 0.2) is 66.9 Å². The number of amides is 2. The number of piperidine rings is 1. The molecule has 0 radical (unpaired) electrons. The van der Waals surface area contributed by atoms with E-state index < -0.39 is 0 Å². The molecule has 1 aromatic heterocycles. The van der Waals surface area contributed by atoms with Crippen molar-refractivity contribution in [3.05, 3.63) is 94.8 Å². The first-order valence-corrected chi connectivity index (χ1v) is 16.8. The predicted molar refractivity (Wildman–Crippen MR) is 182 cm³/mol. The second kappa shape index (κ2) is 17.7. The van der Waals surface area contributed by atoms with Crippen LogP contribution in [0.4, 0.5) is 0 Å². The topological polar surface area (TPSA) is 74.8 Å². The first kappa shape index (κ1) is 34.2. The lowest BCUT2D eigenvalue weighted by molar-refractivity contribution is 0.0540. The Bertz CT molecular complexity index is 1330. The van der Waals surface area contributed by atoms with Crippen LogP contribution < -0.4 is 10.1 Å². The lowest BCUT2D eigenvalue weighted by Gasteiger charge is -2.38. The molecular formula is C38H52N4O3. The van der Waals surface area contributed by atoms with E-state index >= 15 is 0 Å². The standard InChI is InChI=1S/C38H52N4O3/c1-5-6-7-9-31-14-17-36(40-27-31)38(44)42(34-20-24-41(25-21-34)23-19-29(2)3)28-32-12-15-33(16-13-32)37(43)39-22-18-30-10-8-11-35(26-30)45-4/h8,10-17,26-27,29,34H,5-7,9,18-25,28H2,1-4H3,(H,39,43). The van der Waals surface area contributed by atoms with Gasteiger partial charge in [0.05, 0.1) is 7.11 Å². The van der Waals surface area contributed by atoms with Gasteiger partial charge in [-0.05, 0) is 98.0 Å². The van der Waals surface area contributed by atoms with Gasteiger partial charge in [-0.15, -0.1) is 0 Å². The molecule has 1 fully saturated rings. The Labute approximate surface area is 270 Å². The van der Waals surface area contributed by atoms with Gasteiger partial charge in [-0.25, -0.2) is 0 Å². The van der Waals surface area contributed by atoms with E-state index in [1.54, 1.807) is 7.11 Å². The van der Waals surface area contributed by atoms with Crippen LogP contribution >= 0.6 is 0 Å². The van der Waals surface area contributed by atoms with Crippen molar-refractivity contribution in [2.75, 3.05) is 33.3 Å². The average Bonchev–Trinajstić information content (AvgIpc) is 3.07. The second-order valence-electron chi connectivity index (χ2n) is 12.8. The zero-order chi connectivity index (χ0) is 32.0. The number of hydrogen-bond donors (Lipinski definition) is 1. The van der Waals surface area contributed by atoms with Gasteiger partial charge in [0, 0.05) is 44.0 Å². The van der Waals surface area contributed by atoms with Crippen molar-refractivity contribution in [1.82, 2.24) is 20.1 Å². The number of pyridine rings is 1. The van der Waals surface area contributed by atoms with Crippen LogP contribution in [0.1, 0.15) is 96.8 Å². The van der Waals surface area contributed by atoms with Crippen molar-refractivity contribution >= 4 is 11.8 Å². The van der Waals surface area contributed by atoms with Crippen LogP contribution in [0.2, 0.25) is 0 Å². The fourth-order valence-corrected chi connectivity index (χ4v) is 5.90. The number of benzene rings is 2. The monoisotopic (exact) mass is 612 g/mol. The quantitative estimate of drug-likeness (QED) is 0.177. The van der Waals surface area contributed by atoms with Gasteiger partial charge in [-0.1, -0.05) is 63.9 Å². The van der Waals surface area contributed by atoms with E-state index in [1.165, 1.54) is 24.8 Å². The molecule has 2 amide bonds. The van der Waals surface area contributed by atoms with Crippen molar-refractivity contribution in [2.24, 2.45) is 5.92 Å². The second-order valence-corrected chi connectivity index (χ2v) is 12.8. The lowest BCUT2D eigenvalue weighted by Crippen LogP contribution is -2.47. The number of nitrogens with one attached hydrogen (secondary N) is 1. The highest BCUT2D eigenvalue weighted by Crippen LogP contribution is 2.23. The van der Waals surface area contributed by atoms with E-state index in [-0.39, 0.29) is 17.9 Å². The molecule has 7 nitrogen and oxygen atoms in total. The fraction of sp³-hybridized carbons (Fsp3) is 0.500. The Kier molecular flexibility index (Phi) is 13.4. The summed E-state index contributed by atoms with van der Waals surface area (Å²) in [5.41, 5.74) is 4.42. The van der Waals surface area contributed by atoms with Gasteiger partial charge in [0.2, 0.25) is 0 Å². The molecule has 0 aliphatic carbocycles. The van der Waals surface area contributed by atoms with Gasteiger partial charge in [0.25, 0.3) is 11.8 Å². The molecule has 2 heterocycles. The number of carbonyl (C=O) groups excluding carboxylic acids is 2. The molecule has 0 saturated carbocycles. The molecular weight excluding hydrogens is 560 g/mol. The number of rotatable bonds is 16. The largest absolute Gasteiger partial charge is 0.497 e. The number of unbranched alkanes of at least 4 members (excludes halogenated alkanes) is 2. The molecule has 4 rings (SSSR count). The number of nitrogens with zero attached hydrogens (tertiary/aromatic N) is 3. The average molecular weight is 613 g/mol. The van der Waals surface area contributed by atoms with E-state index in [0.717, 1.165) is 68.6 Å². The number of aromatic nitrogens is 1. The number of aryl methyl sites for hydroxylation is 1. The van der Waals surface area contributed by atoms with Crippen LogP contribution in [-0.4, -0.2) is 65.9 Å². The summed E-state index contributed by atoms with van der Waals surface area (Å²) < 4.78 is 5.29. The Morgan fingerprint density at radius 3 is 2.40 bits per heavy atom. The molecule has 0 unspecified atom stereocenters. The van der Waals surface area contributed by atoms with E-state index in [2.05, 4.69) is 42.0 Å². The van der Waals surface area contributed by atoms with Crippen molar-refractivity contribution in [2.45, 2.75) is 84.7 Å². The Morgan fingerprint density at radius 1 is 0.978 bits per heavy atom. The summed E-state index contributed by atoms with van der Waals surface area (Å²) in [6, 6.07) is 19.7. The molecule has 1 saturated heterocycles. The predicted octanol–water partition coefficient (Wildman–Crippen LogP) is 6.95. The summed E-state index contributed by atoms with van der Waals surface area (Å²) in [4.78, 5) is 36.0. The Hall–Kier alpha value is -3.71. The molecule has 0 atom stereocenters. The van der Waals surface area contributed by atoms with Crippen molar-refractivity contribution in [3.63, 3.8) is 0 Å². The number of methoxy groups -OCH3 is 1. The SMILES string of the molecule is CCCCCc1ccc(C(=O)N(Cc2ccc(C(=O)NCCc3cccc(OC)c3)cc2)C2CCN(CCC(C)C)CC2)nc1. The maximum atomic E-state index is 13.9. The number of hydrogen-bond acceptors (Lipinski definition) is 5. The third-order valence-corrected chi connectivity index (χ3v) is 8.80. The van der Waals surface area contributed by atoms with Gasteiger partial charge < -0.3 is 19.9 Å². The molecule has 1 aliphatic heterocycles. The first-order valence-electron chi connectivity index (χ1n) is 16.8. The van der Waals surface area contributed by atoms with Crippen molar-refractivity contribution in [3.8, 4) is 5.75 Å². The fourth-order valence-electron chi connectivity index (χ4n) is 5.90. The maximum absolute atomic E-state index is 13.9. The summed E-state index contributed by atoms with van der Waals surface area (Å²) in [6.07, 6.45) is 10.2. The smallest absolute Gasteiger partial charge is 0.272 e. The van der Waals surface area contributed by atoms with Gasteiger partial charge in [0.1, 0.15) is 11.4 Å². The van der Waals surface area contributed by atoms with Gasteiger partial charge in [-0.2, -0.15) is 0 Å². The van der Waals surface area contributed by atoms with E-state index in [4.69, 9.17) is 4.74 Å². The Balaban J connectivity index is 1.40. The van der Waals surface area contributed by atoms with Gasteiger partial charge in [-0.3, -0.25) is 14.6 Å². The van der Waals surface area contributed by atoms with Gasteiger partial charge in [0.15, 0.2) is 0 Å². The Morgan fingerprint density at radius 2 is 1.73 bits per heavy atom. The zero-order valence-electron chi connectivity index (χ0n) is 27.8. The normalized spacial score (nSPS) is 14.0. The highest BCUT2D eigenvalue weighted by molar-refractivity contribution is 5.94. The van der Waals surface area contributed by atoms with Crippen LogP contribution in [0.5, 0.6) is 5.75 Å². The third kappa shape index (κ3) is 10.7. The van der Waals surface area contributed by atoms with E-state index in [9.17, 15) is 9.59 Å². The molecule has 242 valence electrons.